The summed E-state index contributed by atoms with van der Waals surface area (Å²) in [7, 11) is 0. The lowest BCUT2D eigenvalue weighted by atomic mass is 10.2. The molecule has 1 aromatic heterocycles. The van der Waals surface area contributed by atoms with Crippen molar-refractivity contribution in [2.24, 2.45) is 0 Å². The third-order valence-electron chi connectivity index (χ3n) is 3.77. The predicted molar refractivity (Wildman–Crippen MR) is 97.0 cm³/mol. The van der Waals surface area contributed by atoms with Crippen LogP contribution in [0.3, 0.4) is 0 Å². The summed E-state index contributed by atoms with van der Waals surface area (Å²) in [6.45, 7) is 1.34. The number of rotatable bonds is 3. The largest absolute Gasteiger partial charge is 0.489 e. The summed E-state index contributed by atoms with van der Waals surface area (Å²) in [4.78, 5) is 31.1. The standard InChI is InChI=1S/C14H13BrCl2N4O4/c15-7-3-8-9(12(22)20-13(17)19-8)11(10(7)16)25-5-6-4-21(14(23)24)2-1-18-6/h3,6,18H,1-2,4-5H2,(H,23,24)(H,19,20,22)/t6-/m0/s1. The molecule has 0 unspecified atom stereocenters. The van der Waals surface area contributed by atoms with Crippen LogP contribution >= 0.6 is 39.1 Å². The first-order chi connectivity index (χ1) is 11.9. The number of carbonyl (C=O) groups is 1. The number of benzene rings is 1. The number of hydrogen-bond acceptors (Lipinski definition) is 5. The summed E-state index contributed by atoms with van der Waals surface area (Å²) in [5.41, 5.74) is -0.132. The molecule has 1 aliphatic rings. The minimum atomic E-state index is -0.979. The second kappa shape index (κ2) is 7.36. The van der Waals surface area contributed by atoms with Gasteiger partial charge in [-0.3, -0.25) is 9.78 Å². The molecule has 1 aliphatic heterocycles. The zero-order valence-corrected chi connectivity index (χ0v) is 15.8. The highest BCUT2D eigenvalue weighted by Crippen LogP contribution is 2.37. The molecule has 2 aromatic rings. The number of hydrogen-bond donors (Lipinski definition) is 3. The molecule has 1 amide bonds. The zero-order valence-electron chi connectivity index (χ0n) is 12.7. The van der Waals surface area contributed by atoms with Gasteiger partial charge in [0.25, 0.3) is 5.56 Å². The van der Waals surface area contributed by atoms with Crippen LogP contribution in [0.25, 0.3) is 10.9 Å². The number of ether oxygens (including phenoxy) is 1. The molecule has 2 heterocycles. The Morgan fingerprint density at radius 2 is 2.28 bits per heavy atom. The highest BCUT2D eigenvalue weighted by molar-refractivity contribution is 9.10. The van der Waals surface area contributed by atoms with Gasteiger partial charge in [0.2, 0.25) is 5.28 Å². The Kier molecular flexibility index (Phi) is 5.38. The molecule has 0 saturated carbocycles. The van der Waals surface area contributed by atoms with E-state index in [1.807, 2.05) is 0 Å². The molecule has 0 aliphatic carbocycles. The summed E-state index contributed by atoms with van der Waals surface area (Å²) < 4.78 is 6.28. The van der Waals surface area contributed by atoms with Crippen LogP contribution < -0.4 is 15.6 Å². The fourth-order valence-electron chi connectivity index (χ4n) is 2.62. The van der Waals surface area contributed by atoms with Crippen molar-refractivity contribution in [1.29, 1.82) is 0 Å². The molecule has 3 N–H and O–H groups in total. The van der Waals surface area contributed by atoms with Gasteiger partial charge in [-0.25, -0.2) is 9.78 Å². The lowest BCUT2D eigenvalue weighted by Gasteiger charge is -2.31. The summed E-state index contributed by atoms with van der Waals surface area (Å²) in [6.07, 6.45) is -0.979. The van der Waals surface area contributed by atoms with Gasteiger partial charge in [-0.05, 0) is 33.6 Å². The minimum Gasteiger partial charge on any atom is -0.489 e. The second-order valence-electron chi connectivity index (χ2n) is 5.44. The van der Waals surface area contributed by atoms with Crippen molar-refractivity contribution in [3.05, 3.63) is 31.2 Å². The third kappa shape index (κ3) is 3.84. The number of aromatic amines is 1. The Hall–Kier alpha value is -1.55. The van der Waals surface area contributed by atoms with E-state index in [0.717, 1.165) is 0 Å². The second-order valence-corrected chi connectivity index (χ2v) is 7.03. The van der Waals surface area contributed by atoms with Gasteiger partial charge in [0.1, 0.15) is 12.0 Å². The molecule has 1 atom stereocenters. The molecule has 1 fully saturated rings. The number of amides is 1. The number of halogens is 3. The number of fused-ring (bicyclic) bond motifs is 1. The Labute approximate surface area is 160 Å². The monoisotopic (exact) mass is 450 g/mol. The molecule has 1 saturated heterocycles. The summed E-state index contributed by atoms with van der Waals surface area (Å²) in [5.74, 6) is 0.172. The molecular formula is C14H13BrCl2N4O4. The van der Waals surface area contributed by atoms with E-state index in [0.29, 0.717) is 23.1 Å². The first-order valence-electron chi connectivity index (χ1n) is 7.28. The van der Waals surface area contributed by atoms with Crippen molar-refractivity contribution < 1.29 is 14.6 Å². The van der Waals surface area contributed by atoms with Crippen molar-refractivity contribution in [1.82, 2.24) is 20.2 Å². The first-order valence-corrected chi connectivity index (χ1v) is 8.83. The smallest absolute Gasteiger partial charge is 0.407 e. The summed E-state index contributed by atoms with van der Waals surface area (Å²) in [6, 6.07) is 1.35. The van der Waals surface area contributed by atoms with Crippen molar-refractivity contribution in [2.45, 2.75) is 6.04 Å². The van der Waals surface area contributed by atoms with Crippen LogP contribution in [0.15, 0.2) is 15.3 Å². The van der Waals surface area contributed by atoms with Crippen molar-refractivity contribution in [3.63, 3.8) is 0 Å². The predicted octanol–water partition coefficient (Wildman–Crippen LogP) is 2.32. The van der Waals surface area contributed by atoms with E-state index in [1.54, 1.807) is 6.07 Å². The summed E-state index contributed by atoms with van der Waals surface area (Å²) >= 11 is 15.4. The summed E-state index contributed by atoms with van der Waals surface area (Å²) in [5, 5.41) is 12.6. The Morgan fingerprint density at radius 1 is 1.52 bits per heavy atom. The number of piperazine rings is 1. The fraction of sp³-hybridized carbons (Fsp3) is 0.357. The molecule has 134 valence electrons. The number of H-pyrrole nitrogens is 1. The maximum absolute atomic E-state index is 12.2. The molecule has 0 spiro atoms. The highest BCUT2D eigenvalue weighted by Gasteiger charge is 2.24. The van der Waals surface area contributed by atoms with E-state index in [4.69, 9.17) is 33.0 Å². The van der Waals surface area contributed by atoms with E-state index < -0.39 is 11.7 Å². The van der Waals surface area contributed by atoms with Crippen LogP contribution in [0.1, 0.15) is 0 Å². The third-order valence-corrected chi connectivity index (χ3v) is 5.18. The highest BCUT2D eigenvalue weighted by atomic mass is 79.9. The van der Waals surface area contributed by atoms with E-state index in [2.05, 4.69) is 31.2 Å². The SMILES string of the molecule is O=C(O)N1CCN[C@H](COc2c(Cl)c(Br)cc3nc(Cl)[nH]c(=O)c23)C1. The van der Waals surface area contributed by atoms with Crippen molar-refractivity contribution in [2.75, 3.05) is 26.2 Å². The Morgan fingerprint density at radius 3 is 3.00 bits per heavy atom. The van der Waals surface area contributed by atoms with Crippen LogP contribution in [0.5, 0.6) is 5.75 Å². The van der Waals surface area contributed by atoms with Crippen molar-refractivity contribution >= 4 is 56.1 Å². The van der Waals surface area contributed by atoms with Gasteiger partial charge in [-0.1, -0.05) is 11.6 Å². The molecule has 8 nitrogen and oxygen atoms in total. The number of carboxylic acid groups (broad SMARTS) is 1. The van der Waals surface area contributed by atoms with Gasteiger partial charge in [-0.2, -0.15) is 0 Å². The number of nitrogens with zero attached hydrogens (tertiary/aromatic N) is 2. The Balaban J connectivity index is 1.89. The topological polar surface area (TPSA) is 108 Å². The quantitative estimate of drug-likeness (QED) is 0.618. The maximum Gasteiger partial charge on any atom is 0.407 e. The lowest BCUT2D eigenvalue weighted by molar-refractivity contribution is 0.118. The molecular weight excluding hydrogens is 439 g/mol. The molecule has 0 bridgehead atoms. The number of nitrogens with one attached hydrogen (secondary N) is 2. The van der Waals surface area contributed by atoms with Crippen LogP contribution in [-0.2, 0) is 0 Å². The molecule has 0 radical (unpaired) electrons. The van der Waals surface area contributed by atoms with Gasteiger partial charge in [0.15, 0.2) is 5.75 Å². The van der Waals surface area contributed by atoms with Crippen LogP contribution in [-0.4, -0.2) is 58.4 Å². The zero-order chi connectivity index (χ0) is 18.1. The van der Waals surface area contributed by atoms with Crippen LogP contribution in [0, 0.1) is 0 Å². The van der Waals surface area contributed by atoms with Crippen molar-refractivity contribution in [3.8, 4) is 5.75 Å². The van der Waals surface area contributed by atoms with Gasteiger partial charge in [-0.15, -0.1) is 0 Å². The average molecular weight is 452 g/mol. The average Bonchev–Trinajstić information content (AvgIpc) is 2.55. The normalized spacial score (nSPS) is 17.7. The minimum absolute atomic E-state index is 0.0382. The lowest BCUT2D eigenvalue weighted by Crippen LogP contribution is -2.54. The van der Waals surface area contributed by atoms with Gasteiger partial charge < -0.3 is 20.1 Å². The van der Waals surface area contributed by atoms with E-state index in [-0.39, 0.29) is 40.6 Å². The molecule has 3 rings (SSSR count). The van der Waals surface area contributed by atoms with Crippen LogP contribution in [0.2, 0.25) is 10.3 Å². The van der Waals surface area contributed by atoms with Gasteiger partial charge in [0, 0.05) is 24.1 Å². The molecule has 11 heteroatoms. The van der Waals surface area contributed by atoms with Gasteiger partial charge >= 0.3 is 6.09 Å². The maximum atomic E-state index is 12.2. The molecule has 25 heavy (non-hydrogen) atoms. The fourth-order valence-corrected chi connectivity index (χ4v) is 3.40. The van der Waals surface area contributed by atoms with E-state index in [1.165, 1.54) is 4.90 Å². The van der Waals surface area contributed by atoms with E-state index >= 15 is 0 Å². The Bertz CT molecular complexity index is 891. The van der Waals surface area contributed by atoms with E-state index in [9.17, 15) is 9.59 Å². The van der Waals surface area contributed by atoms with Gasteiger partial charge in [0.05, 0.1) is 16.6 Å². The first kappa shape index (κ1) is 18.2. The number of aromatic nitrogens is 2. The van der Waals surface area contributed by atoms with Crippen LogP contribution in [0.4, 0.5) is 4.79 Å². The molecule has 1 aromatic carbocycles.